The maximum atomic E-state index is 11.7. The second kappa shape index (κ2) is 7.42. The van der Waals surface area contributed by atoms with E-state index in [0.29, 0.717) is 13.0 Å². The fourth-order valence-electron chi connectivity index (χ4n) is 3.19. The molecule has 0 bridgehead atoms. The van der Waals surface area contributed by atoms with E-state index in [2.05, 4.69) is 53.1 Å². The molecule has 23 heavy (non-hydrogen) atoms. The highest BCUT2D eigenvalue weighted by molar-refractivity contribution is 5.77. The molecule has 0 radical (unpaired) electrons. The molecule has 3 rings (SSSR count). The number of nitrogens with one attached hydrogen (secondary N) is 2. The zero-order chi connectivity index (χ0) is 16.1. The van der Waals surface area contributed by atoms with Gasteiger partial charge >= 0.3 is 0 Å². The lowest BCUT2D eigenvalue weighted by molar-refractivity contribution is -0.121. The van der Waals surface area contributed by atoms with Crippen LogP contribution in [0.5, 0.6) is 0 Å². The van der Waals surface area contributed by atoms with E-state index in [0.717, 1.165) is 25.8 Å². The van der Waals surface area contributed by atoms with Crippen LogP contribution in [-0.4, -0.2) is 26.0 Å². The minimum Gasteiger partial charge on any atom is -0.355 e. The summed E-state index contributed by atoms with van der Waals surface area (Å²) in [6.45, 7) is 1.51. The quantitative estimate of drug-likeness (QED) is 0.659. The number of likely N-dealkylation sites (N-methyl/N-ethyl adjacent to an activating group) is 1. The molecule has 0 spiro atoms. The maximum Gasteiger partial charge on any atom is 0.220 e. The van der Waals surface area contributed by atoms with Gasteiger partial charge in [0.25, 0.3) is 0 Å². The SMILES string of the molecule is CNCCNC(=O)CCCc1ccc2c(c1)-c1ccccc1C2. The summed E-state index contributed by atoms with van der Waals surface area (Å²) in [5.41, 5.74) is 6.90. The van der Waals surface area contributed by atoms with Gasteiger partial charge in [-0.1, -0.05) is 42.5 Å². The van der Waals surface area contributed by atoms with Crippen LogP contribution < -0.4 is 10.6 Å². The first kappa shape index (κ1) is 15.8. The molecule has 0 aliphatic heterocycles. The van der Waals surface area contributed by atoms with Crippen molar-refractivity contribution in [2.75, 3.05) is 20.1 Å². The lowest BCUT2D eigenvalue weighted by Gasteiger charge is -2.07. The molecule has 0 aromatic heterocycles. The van der Waals surface area contributed by atoms with Crippen molar-refractivity contribution in [1.82, 2.24) is 10.6 Å². The number of carbonyl (C=O) groups excluding carboxylic acids is 1. The van der Waals surface area contributed by atoms with Crippen LogP contribution in [0.1, 0.15) is 29.5 Å². The van der Waals surface area contributed by atoms with E-state index in [1.54, 1.807) is 0 Å². The zero-order valence-electron chi connectivity index (χ0n) is 13.7. The van der Waals surface area contributed by atoms with Gasteiger partial charge in [-0.05, 0) is 54.1 Å². The molecule has 1 amide bonds. The first-order valence-electron chi connectivity index (χ1n) is 8.39. The number of fused-ring (bicyclic) bond motifs is 3. The molecule has 0 atom stereocenters. The van der Waals surface area contributed by atoms with Crippen molar-refractivity contribution in [3.05, 3.63) is 59.2 Å². The van der Waals surface area contributed by atoms with Gasteiger partial charge in [-0.25, -0.2) is 0 Å². The van der Waals surface area contributed by atoms with Crippen molar-refractivity contribution >= 4 is 5.91 Å². The van der Waals surface area contributed by atoms with E-state index in [1.807, 2.05) is 7.05 Å². The van der Waals surface area contributed by atoms with Crippen molar-refractivity contribution in [1.29, 1.82) is 0 Å². The molecule has 1 aliphatic rings. The second-order valence-electron chi connectivity index (χ2n) is 6.13. The van der Waals surface area contributed by atoms with Gasteiger partial charge in [0.15, 0.2) is 0 Å². The van der Waals surface area contributed by atoms with Crippen LogP contribution in [0.2, 0.25) is 0 Å². The Kier molecular flexibility index (Phi) is 5.09. The average molecular weight is 308 g/mol. The fourth-order valence-corrected chi connectivity index (χ4v) is 3.19. The highest BCUT2D eigenvalue weighted by atomic mass is 16.1. The molecule has 120 valence electrons. The van der Waals surface area contributed by atoms with Gasteiger partial charge in [0, 0.05) is 19.5 Å². The Bertz CT molecular complexity index is 694. The van der Waals surface area contributed by atoms with Crippen molar-refractivity contribution in [2.45, 2.75) is 25.7 Å². The Labute approximate surface area is 138 Å². The van der Waals surface area contributed by atoms with E-state index in [-0.39, 0.29) is 5.91 Å². The zero-order valence-corrected chi connectivity index (χ0v) is 13.7. The Morgan fingerprint density at radius 2 is 1.87 bits per heavy atom. The molecule has 1 aliphatic carbocycles. The average Bonchev–Trinajstić information content (AvgIpc) is 2.93. The summed E-state index contributed by atoms with van der Waals surface area (Å²) >= 11 is 0. The third kappa shape index (κ3) is 3.80. The predicted molar refractivity (Wildman–Crippen MR) is 94.6 cm³/mol. The highest BCUT2D eigenvalue weighted by Crippen LogP contribution is 2.36. The Morgan fingerprint density at radius 3 is 2.74 bits per heavy atom. The monoisotopic (exact) mass is 308 g/mol. The van der Waals surface area contributed by atoms with Crippen LogP contribution in [0.25, 0.3) is 11.1 Å². The van der Waals surface area contributed by atoms with E-state index in [4.69, 9.17) is 0 Å². The largest absolute Gasteiger partial charge is 0.355 e. The van der Waals surface area contributed by atoms with Gasteiger partial charge in [0.2, 0.25) is 5.91 Å². The topological polar surface area (TPSA) is 41.1 Å². The normalized spacial score (nSPS) is 11.9. The number of hydrogen-bond donors (Lipinski definition) is 2. The summed E-state index contributed by atoms with van der Waals surface area (Å²) in [5, 5.41) is 5.95. The number of aryl methyl sites for hydroxylation is 1. The van der Waals surface area contributed by atoms with Crippen molar-refractivity contribution in [3.63, 3.8) is 0 Å². The molecular weight excluding hydrogens is 284 g/mol. The van der Waals surface area contributed by atoms with Crippen molar-refractivity contribution < 1.29 is 4.79 Å². The van der Waals surface area contributed by atoms with Gasteiger partial charge in [-0.2, -0.15) is 0 Å². The van der Waals surface area contributed by atoms with Gasteiger partial charge in [0.05, 0.1) is 0 Å². The minimum atomic E-state index is 0.145. The molecule has 0 saturated heterocycles. The summed E-state index contributed by atoms with van der Waals surface area (Å²) < 4.78 is 0. The van der Waals surface area contributed by atoms with Crippen LogP contribution >= 0.6 is 0 Å². The van der Waals surface area contributed by atoms with Gasteiger partial charge in [-0.15, -0.1) is 0 Å². The Hall–Kier alpha value is -2.13. The third-order valence-corrected chi connectivity index (χ3v) is 4.43. The molecule has 3 heteroatoms. The standard InChI is InChI=1S/C20H24N2O/c1-21-11-12-22-20(23)8-4-5-15-9-10-17-14-16-6-2-3-7-18(16)19(17)13-15/h2-3,6-7,9-10,13,21H,4-5,8,11-12,14H2,1H3,(H,22,23). The Morgan fingerprint density at radius 1 is 1.04 bits per heavy atom. The first-order chi connectivity index (χ1) is 11.3. The van der Waals surface area contributed by atoms with E-state index in [9.17, 15) is 4.79 Å². The number of benzene rings is 2. The molecule has 3 nitrogen and oxygen atoms in total. The maximum absolute atomic E-state index is 11.7. The lowest BCUT2D eigenvalue weighted by atomic mass is 10.00. The van der Waals surface area contributed by atoms with Crippen molar-refractivity contribution in [3.8, 4) is 11.1 Å². The van der Waals surface area contributed by atoms with E-state index >= 15 is 0 Å². The summed E-state index contributed by atoms with van der Waals surface area (Å²) in [5.74, 6) is 0.145. The third-order valence-electron chi connectivity index (χ3n) is 4.43. The molecule has 0 saturated carbocycles. The summed E-state index contributed by atoms with van der Waals surface area (Å²) in [6, 6.07) is 15.4. The minimum absolute atomic E-state index is 0.145. The summed E-state index contributed by atoms with van der Waals surface area (Å²) in [7, 11) is 1.89. The molecular formula is C20H24N2O. The predicted octanol–water partition coefficient (Wildman–Crippen LogP) is 2.92. The smallest absolute Gasteiger partial charge is 0.220 e. The lowest BCUT2D eigenvalue weighted by Crippen LogP contribution is -2.30. The molecule has 2 aromatic rings. The molecule has 2 N–H and O–H groups in total. The molecule has 0 unspecified atom stereocenters. The molecule has 2 aromatic carbocycles. The van der Waals surface area contributed by atoms with E-state index < -0.39 is 0 Å². The van der Waals surface area contributed by atoms with Crippen LogP contribution in [0.3, 0.4) is 0 Å². The number of rotatable bonds is 7. The van der Waals surface area contributed by atoms with Gasteiger partial charge in [0.1, 0.15) is 0 Å². The van der Waals surface area contributed by atoms with Crippen LogP contribution in [0, 0.1) is 0 Å². The van der Waals surface area contributed by atoms with Gasteiger partial charge < -0.3 is 10.6 Å². The highest BCUT2D eigenvalue weighted by Gasteiger charge is 2.17. The van der Waals surface area contributed by atoms with E-state index in [1.165, 1.54) is 27.8 Å². The first-order valence-corrected chi connectivity index (χ1v) is 8.39. The van der Waals surface area contributed by atoms with Crippen molar-refractivity contribution in [2.24, 2.45) is 0 Å². The molecule has 0 heterocycles. The Balaban J connectivity index is 1.56. The fraction of sp³-hybridized carbons (Fsp3) is 0.350. The van der Waals surface area contributed by atoms with Crippen LogP contribution in [-0.2, 0) is 17.6 Å². The summed E-state index contributed by atoms with van der Waals surface area (Å²) in [4.78, 5) is 11.7. The number of amides is 1. The number of hydrogen-bond acceptors (Lipinski definition) is 2. The molecule has 0 fully saturated rings. The van der Waals surface area contributed by atoms with Crippen LogP contribution in [0.4, 0.5) is 0 Å². The summed E-state index contributed by atoms with van der Waals surface area (Å²) in [6.07, 6.45) is 3.48. The second-order valence-corrected chi connectivity index (χ2v) is 6.13. The number of carbonyl (C=O) groups is 1. The van der Waals surface area contributed by atoms with Gasteiger partial charge in [-0.3, -0.25) is 4.79 Å². The van der Waals surface area contributed by atoms with Crippen LogP contribution in [0.15, 0.2) is 42.5 Å².